The Morgan fingerprint density at radius 1 is 1.11 bits per heavy atom. The minimum absolute atomic E-state index is 0.0550. The third-order valence-corrected chi connectivity index (χ3v) is 6.81. The molecule has 1 amide bonds. The van der Waals surface area contributed by atoms with Gasteiger partial charge in [-0.25, -0.2) is 0 Å². The Morgan fingerprint density at radius 3 is 2.42 bits per heavy atom. The topological polar surface area (TPSA) is 54.5 Å². The van der Waals surface area contributed by atoms with Gasteiger partial charge >= 0.3 is 6.18 Å². The number of benzene rings is 2. The lowest BCUT2D eigenvalue weighted by molar-refractivity contribution is -0.269. The molecule has 0 fully saturated rings. The first kappa shape index (κ1) is 26.5. The zero-order valence-electron chi connectivity index (χ0n) is 18.7. The number of nitrogens with one attached hydrogen (secondary N) is 1. The first-order chi connectivity index (χ1) is 17.0. The van der Waals surface area contributed by atoms with Crippen LogP contribution in [0.4, 0.5) is 13.2 Å². The summed E-state index contributed by atoms with van der Waals surface area (Å²) in [5, 5.41) is 0.110. The molecule has 2 aromatic carbocycles. The van der Waals surface area contributed by atoms with E-state index in [2.05, 4.69) is 26.4 Å². The predicted octanol–water partition coefficient (Wildman–Crippen LogP) is 7.03. The highest BCUT2D eigenvalue weighted by molar-refractivity contribution is 9.10. The molecule has 2 heterocycles. The van der Waals surface area contributed by atoms with Crippen LogP contribution < -0.4 is 5.48 Å². The van der Waals surface area contributed by atoms with Gasteiger partial charge in [-0.3, -0.25) is 20.1 Å². The molecule has 36 heavy (non-hydrogen) atoms. The van der Waals surface area contributed by atoms with Crippen molar-refractivity contribution in [3.05, 3.63) is 104 Å². The van der Waals surface area contributed by atoms with Crippen LogP contribution in [0.15, 0.2) is 71.3 Å². The second kappa shape index (κ2) is 10.4. The molecule has 0 bridgehead atoms. The Balaban J connectivity index is 1.63. The van der Waals surface area contributed by atoms with Crippen molar-refractivity contribution in [2.45, 2.75) is 31.8 Å². The Hall–Kier alpha value is -2.59. The summed E-state index contributed by atoms with van der Waals surface area (Å²) in [5.74, 6) is -0.139. The third-order valence-electron chi connectivity index (χ3n) is 5.63. The van der Waals surface area contributed by atoms with Crippen molar-refractivity contribution in [1.29, 1.82) is 0 Å². The van der Waals surface area contributed by atoms with Crippen LogP contribution in [0.2, 0.25) is 10.0 Å². The number of hydrogen-bond acceptors (Lipinski definition) is 4. The average molecular weight is 601 g/mol. The van der Waals surface area contributed by atoms with E-state index in [4.69, 9.17) is 28.0 Å². The molecular weight excluding hydrogens is 582 g/mol. The predicted molar refractivity (Wildman–Crippen MR) is 135 cm³/mol. The SMILES string of the molecule is CC(=O)N(Cc1ccccn1)Cc1ccc(C2=CC(c3cc(Cl)cc(Cl)c3)(C(F)(F)F)ON2)cc1Br. The molecule has 0 spiro atoms. The first-order valence-corrected chi connectivity index (χ1v) is 12.2. The van der Waals surface area contributed by atoms with Gasteiger partial charge in [0.25, 0.3) is 0 Å². The van der Waals surface area contributed by atoms with Crippen molar-refractivity contribution in [3.8, 4) is 0 Å². The van der Waals surface area contributed by atoms with Crippen LogP contribution in [-0.2, 0) is 28.3 Å². The molecule has 1 atom stereocenters. The molecule has 5 nitrogen and oxygen atoms in total. The van der Waals surface area contributed by atoms with Crippen molar-refractivity contribution >= 4 is 50.7 Å². The van der Waals surface area contributed by atoms with Crippen LogP contribution in [0.1, 0.15) is 29.3 Å². The van der Waals surface area contributed by atoms with Crippen LogP contribution in [0.5, 0.6) is 0 Å². The first-order valence-electron chi connectivity index (χ1n) is 10.6. The number of pyridine rings is 1. The van der Waals surface area contributed by atoms with E-state index in [9.17, 15) is 18.0 Å². The van der Waals surface area contributed by atoms with Gasteiger partial charge in [0, 0.05) is 45.3 Å². The summed E-state index contributed by atoms with van der Waals surface area (Å²) >= 11 is 15.4. The van der Waals surface area contributed by atoms with Gasteiger partial charge in [-0.1, -0.05) is 57.3 Å². The number of halogens is 6. The van der Waals surface area contributed by atoms with E-state index in [0.29, 0.717) is 16.6 Å². The number of carbonyl (C=O) groups is 1. The molecule has 188 valence electrons. The molecule has 1 aliphatic rings. The summed E-state index contributed by atoms with van der Waals surface area (Å²) in [7, 11) is 0. The van der Waals surface area contributed by atoms with Gasteiger partial charge in [-0.2, -0.15) is 13.2 Å². The van der Waals surface area contributed by atoms with Gasteiger partial charge in [-0.15, -0.1) is 0 Å². The average Bonchev–Trinajstić information content (AvgIpc) is 3.27. The van der Waals surface area contributed by atoms with Crippen LogP contribution in [-0.4, -0.2) is 22.0 Å². The minimum Gasteiger partial charge on any atom is -0.333 e. The van der Waals surface area contributed by atoms with Gasteiger partial charge in [0.2, 0.25) is 11.5 Å². The zero-order chi connectivity index (χ0) is 26.1. The zero-order valence-corrected chi connectivity index (χ0v) is 21.8. The Labute approximate surface area is 223 Å². The molecule has 1 unspecified atom stereocenters. The van der Waals surface area contributed by atoms with E-state index < -0.39 is 11.8 Å². The van der Waals surface area contributed by atoms with Gasteiger partial charge < -0.3 is 4.90 Å². The summed E-state index contributed by atoms with van der Waals surface area (Å²) < 4.78 is 43.4. The number of aromatic nitrogens is 1. The number of alkyl halides is 3. The van der Waals surface area contributed by atoms with E-state index >= 15 is 0 Å². The molecule has 1 aliphatic heterocycles. The normalized spacial score (nSPS) is 17.5. The maximum atomic E-state index is 14.2. The van der Waals surface area contributed by atoms with Gasteiger partial charge in [-0.05, 0) is 48.0 Å². The summed E-state index contributed by atoms with van der Waals surface area (Å²) in [4.78, 5) is 23.2. The number of nitrogens with zero attached hydrogens (tertiary/aromatic N) is 2. The fourth-order valence-electron chi connectivity index (χ4n) is 3.77. The quantitative estimate of drug-likeness (QED) is 0.330. The fraction of sp³-hybridized carbons (Fsp3) is 0.200. The highest BCUT2D eigenvalue weighted by Crippen LogP contribution is 2.48. The van der Waals surface area contributed by atoms with Crippen molar-refractivity contribution in [3.63, 3.8) is 0 Å². The second-order valence-electron chi connectivity index (χ2n) is 8.16. The van der Waals surface area contributed by atoms with E-state index in [1.54, 1.807) is 35.4 Å². The summed E-state index contributed by atoms with van der Waals surface area (Å²) in [6.07, 6.45) is -2.19. The lowest BCUT2D eigenvalue weighted by Gasteiger charge is -2.28. The minimum atomic E-state index is -4.81. The molecule has 3 aromatic rings. The van der Waals surface area contributed by atoms with Gasteiger partial charge in [0.1, 0.15) is 0 Å². The largest absolute Gasteiger partial charge is 0.428 e. The van der Waals surface area contributed by atoms with Gasteiger partial charge in [0.05, 0.1) is 17.9 Å². The molecule has 4 rings (SSSR count). The number of carbonyl (C=O) groups excluding carboxylic acids is 1. The highest BCUT2D eigenvalue weighted by atomic mass is 79.9. The van der Waals surface area contributed by atoms with E-state index in [1.807, 2.05) is 12.1 Å². The Bertz CT molecular complexity index is 1300. The van der Waals surface area contributed by atoms with E-state index in [0.717, 1.165) is 17.3 Å². The number of rotatable bonds is 6. The molecule has 1 aromatic heterocycles. The van der Waals surface area contributed by atoms with Crippen LogP contribution in [0, 0.1) is 0 Å². The molecule has 1 N–H and O–H groups in total. The molecule has 0 aliphatic carbocycles. The Kier molecular flexibility index (Phi) is 7.66. The van der Waals surface area contributed by atoms with Crippen molar-refractivity contribution in [2.75, 3.05) is 0 Å². The highest BCUT2D eigenvalue weighted by Gasteiger charge is 2.59. The monoisotopic (exact) mass is 599 g/mol. The van der Waals surface area contributed by atoms with Crippen LogP contribution in [0.25, 0.3) is 5.70 Å². The maximum absolute atomic E-state index is 14.2. The second-order valence-corrected chi connectivity index (χ2v) is 9.88. The van der Waals surface area contributed by atoms with Crippen molar-refractivity contribution < 1.29 is 22.8 Å². The van der Waals surface area contributed by atoms with Crippen molar-refractivity contribution in [2.24, 2.45) is 0 Å². The van der Waals surface area contributed by atoms with Crippen LogP contribution >= 0.6 is 39.1 Å². The lowest BCUT2D eigenvalue weighted by Crippen LogP contribution is -2.42. The Morgan fingerprint density at radius 2 is 1.83 bits per heavy atom. The number of hydroxylamine groups is 1. The lowest BCUT2D eigenvalue weighted by atomic mass is 9.91. The van der Waals surface area contributed by atoms with E-state index in [1.165, 1.54) is 25.1 Å². The summed E-state index contributed by atoms with van der Waals surface area (Å²) in [5.41, 5.74) is 1.45. The third kappa shape index (κ3) is 5.54. The molecule has 0 saturated heterocycles. The molecular formula is C25H19BrCl2F3N3O2. The molecule has 11 heteroatoms. The van der Waals surface area contributed by atoms with E-state index in [-0.39, 0.29) is 33.8 Å². The van der Waals surface area contributed by atoms with Crippen LogP contribution in [0.3, 0.4) is 0 Å². The smallest absolute Gasteiger partial charge is 0.333 e. The summed E-state index contributed by atoms with van der Waals surface area (Å²) in [6.45, 7) is 2.07. The maximum Gasteiger partial charge on any atom is 0.428 e. The summed E-state index contributed by atoms with van der Waals surface area (Å²) in [6, 6.07) is 14.2. The van der Waals surface area contributed by atoms with Crippen molar-refractivity contribution in [1.82, 2.24) is 15.4 Å². The van der Waals surface area contributed by atoms with Gasteiger partial charge in [0.15, 0.2) is 0 Å². The molecule has 0 saturated carbocycles. The fourth-order valence-corrected chi connectivity index (χ4v) is 4.80. The standard InChI is InChI=1S/C25H19BrCl2F3N3O2/c1-15(35)34(14-21-4-2-3-7-32-21)13-17-6-5-16(8-22(17)26)23-12-24(36-33-23,25(29,30)31)18-9-19(27)11-20(28)10-18/h2-12,33H,13-14H2,1H3. The molecule has 0 radical (unpaired) electrons. The number of amides is 1. The number of hydrogen-bond donors (Lipinski definition) is 1.